The predicted molar refractivity (Wildman–Crippen MR) is 49.0 cm³/mol. The summed E-state index contributed by atoms with van der Waals surface area (Å²) in [6, 6.07) is -1.80. The highest BCUT2D eigenvalue weighted by atomic mass is 32.1. The third kappa shape index (κ3) is 3.61. The molecule has 4 N–H and O–H groups in total. The summed E-state index contributed by atoms with van der Waals surface area (Å²) < 4.78 is 73.6. The fourth-order valence-electron chi connectivity index (χ4n) is 0.673. The number of nitrogens with one attached hydrogen (secondary N) is 2. The Hall–Kier alpha value is -1.26. The largest absolute Gasteiger partial charge is 0.420 e. The first-order valence-electron chi connectivity index (χ1n) is 3.83. The van der Waals surface area contributed by atoms with Gasteiger partial charge < -0.3 is 11.1 Å². The Labute approximate surface area is 96.5 Å². The van der Waals surface area contributed by atoms with Crippen molar-refractivity contribution in [3.8, 4) is 0 Å². The Bertz CT molecular complexity index is 311. The highest BCUT2D eigenvalue weighted by Crippen LogP contribution is 2.42. The van der Waals surface area contributed by atoms with Crippen LogP contribution >= 0.6 is 12.2 Å². The molecular weight excluding hydrogens is 276 g/mol. The SMILES string of the molecule is CC(NC(=O)NC(N)=S)(C(F)(F)F)C(F)(F)F. The van der Waals surface area contributed by atoms with Gasteiger partial charge in [-0.05, 0) is 19.1 Å². The van der Waals surface area contributed by atoms with E-state index in [4.69, 9.17) is 5.73 Å². The molecule has 0 aromatic carbocycles. The average molecular weight is 283 g/mol. The van der Waals surface area contributed by atoms with Crippen LogP contribution in [-0.4, -0.2) is 29.0 Å². The van der Waals surface area contributed by atoms with E-state index in [1.165, 1.54) is 5.32 Å². The molecule has 0 unspecified atom stereocenters. The number of nitrogens with two attached hydrogens (primary N) is 1. The molecule has 0 saturated carbocycles. The van der Waals surface area contributed by atoms with Crippen LogP contribution in [0.5, 0.6) is 0 Å². The summed E-state index contributed by atoms with van der Waals surface area (Å²) in [4.78, 5) is 10.8. The number of alkyl halides is 6. The molecule has 0 aliphatic heterocycles. The van der Waals surface area contributed by atoms with Crippen molar-refractivity contribution < 1.29 is 31.1 Å². The molecule has 0 fully saturated rings. The minimum atomic E-state index is -5.72. The molecule has 0 aliphatic rings. The summed E-state index contributed by atoms with van der Waals surface area (Å²) in [5.74, 6) is 0. The standard InChI is InChI=1S/C6H7F6N3OS/c1-4(5(7,8)9,6(10,11)12)15-3(16)14-2(13)17/h1H3,(H4,13,14,15,16,17). The first-order valence-corrected chi connectivity index (χ1v) is 4.24. The van der Waals surface area contributed by atoms with Gasteiger partial charge in [-0.1, -0.05) is 0 Å². The zero-order valence-electron chi connectivity index (χ0n) is 8.16. The van der Waals surface area contributed by atoms with E-state index < -0.39 is 29.0 Å². The van der Waals surface area contributed by atoms with Crippen molar-refractivity contribution in [2.24, 2.45) is 5.73 Å². The molecule has 0 heterocycles. The van der Waals surface area contributed by atoms with Crippen LogP contribution in [-0.2, 0) is 0 Å². The van der Waals surface area contributed by atoms with Crippen molar-refractivity contribution in [1.29, 1.82) is 0 Å². The van der Waals surface area contributed by atoms with Crippen LogP contribution in [0.25, 0.3) is 0 Å². The van der Waals surface area contributed by atoms with Gasteiger partial charge in [0.15, 0.2) is 5.11 Å². The molecule has 2 amide bonds. The van der Waals surface area contributed by atoms with E-state index in [-0.39, 0.29) is 6.92 Å². The number of halogens is 6. The Kier molecular flexibility index (Phi) is 4.21. The molecule has 0 aromatic heterocycles. The van der Waals surface area contributed by atoms with Crippen LogP contribution in [0.2, 0.25) is 0 Å². The third-order valence-electron chi connectivity index (χ3n) is 1.73. The van der Waals surface area contributed by atoms with E-state index in [1.54, 1.807) is 0 Å². The molecule has 0 aromatic rings. The topological polar surface area (TPSA) is 67.2 Å². The molecule has 11 heteroatoms. The second-order valence-electron chi connectivity index (χ2n) is 3.06. The maximum Gasteiger partial charge on any atom is 0.420 e. The maximum atomic E-state index is 12.3. The van der Waals surface area contributed by atoms with Crippen LogP contribution < -0.4 is 16.4 Å². The summed E-state index contributed by atoms with van der Waals surface area (Å²) in [5, 5.41) is 1.38. The van der Waals surface area contributed by atoms with Crippen molar-refractivity contribution in [1.82, 2.24) is 10.6 Å². The molecule has 0 radical (unpaired) electrons. The van der Waals surface area contributed by atoms with E-state index in [2.05, 4.69) is 12.2 Å². The molecule has 0 atom stereocenters. The van der Waals surface area contributed by atoms with Gasteiger partial charge in [0, 0.05) is 0 Å². The Morgan fingerprint density at radius 2 is 1.47 bits per heavy atom. The Balaban J connectivity index is 5.12. The van der Waals surface area contributed by atoms with Crippen LogP contribution in [0, 0.1) is 0 Å². The quantitative estimate of drug-likeness (QED) is 0.503. The summed E-state index contributed by atoms with van der Waals surface area (Å²) in [6.45, 7) is -0.216. The molecule has 0 saturated heterocycles. The number of thiocarbonyl (C=S) groups is 1. The Morgan fingerprint density at radius 3 is 1.71 bits per heavy atom. The van der Waals surface area contributed by atoms with Crippen LogP contribution in [0.1, 0.15) is 6.92 Å². The van der Waals surface area contributed by atoms with E-state index in [0.29, 0.717) is 0 Å². The van der Waals surface area contributed by atoms with Gasteiger partial charge in [0.1, 0.15) is 0 Å². The van der Waals surface area contributed by atoms with Gasteiger partial charge in [0.2, 0.25) is 5.54 Å². The summed E-state index contributed by atoms with van der Waals surface area (Å²) in [7, 11) is 0. The van der Waals surface area contributed by atoms with Crippen LogP contribution in [0.3, 0.4) is 0 Å². The van der Waals surface area contributed by atoms with Crippen molar-refractivity contribution in [3.63, 3.8) is 0 Å². The molecule has 0 bridgehead atoms. The van der Waals surface area contributed by atoms with Crippen LogP contribution in [0.4, 0.5) is 31.1 Å². The fourth-order valence-corrected chi connectivity index (χ4v) is 0.765. The number of carbonyl (C=O) groups is 1. The number of amides is 2. The lowest BCUT2D eigenvalue weighted by atomic mass is 10.0. The number of rotatable bonds is 1. The molecule has 4 nitrogen and oxygen atoms in total. The van der Waals surface area contributed by atoms with Gasteiger partial charge in [-0.3, -0.25) is 5.32 Å². The van der Waals surface area contributed by atoms with Gasteiger partial charge in [-0.15, -0.1) is 0 Å². The Morgan fingerprint density at radius 1 is 1.12 bits per heavy atom. The maximum absolute atomic E-state index is 12.3. The molecular formula is C6H7F6N3OS. The highest BCUT2D eigenvalue weighted by molar-refractivity contribution is 7.80. The van der Waals surface area contributed by atoms with E-state index in [9.17, 15) is 31.1 Å². The zero-order chi connectivity index (χ0) is 14.1. The lowest BCUT2D eigenvalue weighted by Crippen LogP contribution is -2.67. The first kappa shape index (κ1) is 15.7. The van der Waals surface area contributed by atoms with Crippen molar-refractivity contribution in [2.75, 3.05) is 0 Å². The van der Waals surface area contributed by atoms with Crippen LogP contribution in [0.15, 0.2) is 0 Å². The smallest absolute Gasteiger partial charge is 0.376 e. The van der Waals surface area contributed by atoms with Gasteiger partial charge >= 0.3 is 18.4 Å². The molecule has 0 spiro atoms. The lowest BCUT2D eigenvalue weighted by Gasteiger charge is -2.34. The molecule has 100 valence electrons. The molecule has 17 heavy (non-hydrogen) atoms. The van der Waals surface area contributed by atoms with Crippen molar-refractivity contribution in [3.05, 3.63) is 0 Å². The van der Waals surface area contributed by atoms with Crippen molar-refractivity contribution >= 4 is 23.4 Å². The van der Waals surface area contributed by atoms with Crippen molar-refractivity contribution in [2.45, 2.75) is 24.8 Å². The normalized spacial score (nSPS) is 13.1. The molecule has 0 aliphatic carbocycles. The summed E-state index contributed by atoms with van der Waals surface area (Å²) in [5.41, 5.74) is 0.333. The number of hydrogen-bond acceptors (Lipinski definition) is 2. The summed E-state index contributed by atoms with van der Waals surface area (Å²) >= 11 is 4.09. The summed E-state index contributed by atoms with van der Waals surface area (Å²) in [6.07, 6.45) is -11.4. The average Bonchev–Trinajstić information content (AvgIpc) is 1.97. The predicted octanol–water partition coefficient (Wildman–Crippen LogP) is 1.41. The second-order valence-corrected chi connectivity index (χ2v) is 3.50. The van der Waals surface area contributed by atoms with Gasteiger partial charge in [-0.25, -0.2) is 4.79 Å². The number of carbonyl (C=O) groups excluding carboxylic acids is 1. The minimum absolute atomic E-state index is 0.216. The minimum Gasteiger partial charge on any atom is -0.376 e. The lowest BCUT2D eigenvalue weighted by molar-refractivity contribution is -0.297. The monoisotopic (exact) mass is 283 g/mol. The number of urea groups is 1. The molecule has 0 rings (SSSR count). The third-order valence-corrected chi connectivity index (χ3v) is 1.84. The fraction of sp³-hybridized carbons (Fsp3) is 0.667. The highest BCUT2D eigenvalue weighted by Gasteiger charge is 2.68. The van der Waals surface area contributed by atoms with Gasteiger partial charge in [-0.2, -0.15) is 26.3 Å². The van der Waals surface area contributed by atoms with E-state index in [1.807, 2.05) is 0 Å². The van der Waals surface area contributed by atoms with E-state index in [0.717, 1.165) is 5.32 Å². The van der Waals surface area contributed by atoms with Gasteiger partial charge in [0.25, 0.3) is 0 Å². The number of hydrogen-bond donors (Lipinski definition) is 3. The first-order chi connectivity index (χ1) is 7.31. The van der Waals surface area contributed by atoms with E-state index >= 15 is 0 Å². The second kappa shape index (κ2) is 4.55. The van der Waals surface area contributed by atoms with Gasteiger partial charge in [0.05, 0.1) is 0 Å². The zero-order valence-corrected chi connectivity index (χ0v) is 8.98.